The SMILES string of the molecule is C=CCn1c(SCC(=O)Nc2ccc(C(=O)OC)cc2)nnc1C(C)NC(=O)c1ccccc1C. The zero-order chi connectivity index (χ0) is 25.4. The van der Waals surface area contributed by atoms with Crippen molar-refractivity contribution in [2.45, 2.75) is 31.6 Å². The van der Waals surface area contributed by atoms with E-state index in [1.165, 1.54) is 18.9 Å². The molecule has 0 saturated carbocycles. The van der Waals surface area contributed by atoms with Gasteiger partial charge in [-0.05, 0) is 49.7 Å². The van der Waals surface area contributed by atoms with Crippen molar-refractivity contribution in [2.75, 3.05) is 18.2 Å². The molecule has 1 heterocycles. The molecule has 35 heavy (non-hydrogen) atoms. The molecule has 3 rings (SSSR count). The van der Waals surface area contributed by atoms with E-state index in [2.05, 4.69) is 32.1 Å². The highest BCUT2D eigenvalue weighted by atomic mass is 32.2. The first kappa shape index (κ1) is 25.7. The van der Waals surface area contributed by atoms with Gasteiger partial charge >= 0.3 is 5.97 Å². The molecule has 0 aliphatic heterocycles. The first-order valence-electron chi connectivity index (χ1n) is 10.9. The number of allylic oxidation sites excluding steroid dienone is 1. The average molecular weight is 494 g/mol. The maximum absolute atomic E-state index is 12.7. The minimum atomic E-state index is -0.444. The summed E-state index contributed by atoms with van der Waals surface area (Å²) in [7, 11) is 1.31. The number of hydrogen-bond donors (Lipinski definition) is 2. The summed E-state index contributed by atoms with van der Waals surface area (Å²) in [4.78, 5) is 36.7. The molecular formula is C25H27N5O4S. The summed E-state index contributed by atoms with van der Waals surface area (Å²) in [6.07, 6.45) is 1.70. The minimum Gasteiger partial charge on any atom is -0.465 e. The second-order valence-electron chi connectivity index (χ2n) is 7.66. The van der Waals surface area contributed by atoms with Crippen LogP contribution in [0.3, 0.4) is 0 Å². The van der Waals surface area contributed by atoms with Gasteiger partial charge in [0.25, 0.3) is 5.91 Å². The second-order valence-corrected chi connectivity index (χ2v) is 8.60. The Bertz CT molecular complexity index is 1220. The van der Waals surface area contributed by atoms with E-state index in [4.69, 9.17) is 0 Å². The highest BCUT2D eigenvalue weighted by Crippen LogP contribution is 2.22. The maximum Gasteiger partial charge on any atom is 0.337 e. The lowest BCUT2D eigenvalue weighted by atomic mass is 10.1. The number of nitrogens with zero attached hydrogens (tertiary/aromatic N) is 3. The van der Waals surface area contributed by atoms with Gasteiger partial charge in [0.1, 0.15) is 0 Å². The van der Waals surface area contributed by atoms with Crippen LogP contribution in [0, 0.1) is 6.92 Å². The van der Waals surface area contributed by atoms with Crippen LogP contribution in [0.25, 0.3) is 0 Å². The summed E-state index contributed by atoms with van der Waals surface area (Å²) in [5.74, 6) is -0.224. The lowest BCUT2D eigenvalue weighted by molar-refractivity contribution is -0.113. The van der Waals surface area contributed by atoms with Gasteiger partial charge in [0.05, 0.1) is 24.5 Å². The number of methoxy groups -OCH3 is 1. The van der Waals surface area contributed by atoms with Crippen molar-refractivity contribution in [3.63, 3.8) is 0 Å². The Morgan fingerprint density at radius 2 is 1.86 bits per heavy atom. The number of anilines is 1. The monoisotopic (exact) mass is 493 g/mol. The third kappa shape index (κ3) is 6.57. The van der Waals surface area contributed by atoms with E-state index in [1.54, 1.807) is 36.4 Å². The van der Waals surface area contributed by atoms with Crippen LogP contribution in [0.15, 0.2) is 66.3 Å². The van der Waals surface area contributed by atoms with Gasteiger partial charge in [-0.2, -0.15) is 0 Å². The quantitative estimate of drug-likeness (QED) is 0.251. The van der Waals surface area contributed by atoms with E-state index in [-0.39, 0.29) is 17.6 Å². The lowest BCUT2D eigenvalue weighted by Gasteiger charge is -2.16. The number of ether oxygens (including phenoxy) is 1. The van der Waals surface area contributed by atoms with E-state index < -0.39 is 12.0 Å². The fourth-order valence-electron chi connectivity index (χ4n) is 3.33. The minimum absolute atomic E-state index is 0.0952. The third-order valence-corrected chi connectivity index (χ3v) is 6.07. The summed E-state index contributed by atoms with van der Waals surface area (Å²) in [6, 6.07) is 13.4. The number of hydrogen-bond acceptors (Lipinski definition) is 7. The van der Waals surface area contributed by atoms with Crippen LogP contribution >= 0.6 is 11.8 Å². The second kappa shape index (κ2) is 12.0. The fraction of sp³-hybridized carbons (Fsp3) is 0.240. The molecule has 1 aromatic heterocycles. The summed E-state index contributed by atoms with van der Waals surface area (Å²) in [5.41, 5.74) is 2.43. The number of thioether (sulfide) groups is 1. The number of carbonyl (C=O) groups is 3. The molecule has 2 N–H and O–H groups in total. The topological polar surface area (TPSA) is 115 Å². The van der Waals surface area contributed by atoms with Crippen molar-refractivity contribution in [1.29, 1.82) is 0 Å². The molecule has 2 amide bonds. The number of benzene rings is 2. The Morgan fingerprint density at radius 3 is 2.51 bits per heavy atom. The smallest absolute Gasteiger partial charge is 0.337 e. The van der Waals surface area contributed by atoms with Crippen molar-refractivity contribution in [3.05, 3.63) is 83.7 Å². The molecule has 0 fully saturated rings. The van der Waals surface area contributed by atoms with Crippen molar-refractivity contribution in [3.8, 4) is 0 Å². The largest absolute Gasteiger partial charge is 0.465 e. The molecule has 1 atom stereocenters. The van der Waals surface area contributed by atoms with Crippen molar-refractivity contribution in [2.24, 2.45) is 0 Å². The lowest BCUT2D eigenvalue weighted by Crippen LogP contribution is -2.29. The fourth-order valence-corrected chi connectivity index (χ4v) is 4.08. The summed E-state index contributed by atoms with van der Waals surface area (Å²) >= 11 is 1.22. The number of esters is 1. The molecule has 0 bridgehead atoms. The highest BCUT2D eigenvalue weighted by molar-refractivity contribution is 7.99. The van der Waals surface area contributed by atoms with Crippen LogP contribution in [0.4, 0.5) is 5.69 Å². The highest BCUT2D eigenvalue weighted by Gasteiger charge is 2.21. The van der Waals surface area contributed by atoms with Crippen LogP contribution in [0.5, 0.6) is 0 Å². The van der Waals surface area contributed by atoms with Gasteiger partial charge in [0.2, 0.25) is 5.91 Å². The van der Waals surface area contributed by atoms with Gasteiger partial charge in [0, 0.05) is 17.8 Å². The molecule has 10 heteroatoms. The molecular weight excluding hydrogens is 466 g/mol. The number of carbonyl (C=O) groups excluding carboxylic acids is 3. The standard InChI is InChI=1S/C25H27N5O4S/c1-5-14-30-22(17(3)26-23(32)20-9-7-6-8-16(20)2)28-29-25(30)35-15-21(31)27-19-12-10-18(11-13-19)24(33)34-4/h5-13,17H,1,14-15H2,2-4H3,(H,26,32)(H,27,31). The first-order chi connectivity index (χ1) is 16.8. The number of aromatic nitrogens is 3. The number of nitrogens with one attached hydrogen (secondary N) is 2. The summed E-state index contributed by atoms with van der Waals surface area (Å²) < 4.78 is 6.49. The molecule has 0 saturated heterocycles. The molecule has 3 aromatic rings. The van der Waals surface area contributed by atoms with Gasteiger partial charge in [-0.25, -0.2) is 4.79 Å². The van der Waals surface area contributed by atoms with Gasteiger partial charge < -0.3 is 19.9 Å². The van der Waals surface area contributed by atoms with Crippen LogP contribution < -0.4 is 10.6 Å². The molecule has 0 radical (unpaired) electrons. The number of amides is 2. The Balaban J connectivity index is 1.64. The number of rotatable bonds is 10. The van der Waals surface area contributed by atoms with Crippen molar-refractivity contribution < 1.29 is 19.1 Å². The van der Waals surface area contributed by atoms with Gasteiger partial charge in [0.15, 0.2) is 11.0 Å². The zero-order valence-corrected chi connectivity index (χ0v) is 20.6. The molecule has 0 spiro atoms. The average Bonchev–Trinajstić information content (AvgIpc) is 3.25. The predicted molar refractivity (Wildman–Crippen MR) is 134 cm³/mol. The Morgan fingerprint density at radius 1 is 1.14 bits per heavy atom. The molecule has 2 aromatic carbocycles. The van der Waals surface area contributed by atoms with Crippen LogP contribution in [0.2, 0.25) is 0 Å². The molecule has 9 nitrogen and oxygen atoms in total. The Kier molecular flexibility index (Phi) is 8.80. The Hall–Kier alpha value is -3.92. The maximum atomic E-state index is 12.7. The third-order valence-electron chi connectivity index (χ3n) is 5.10. The number of aryl methyl sites for hydroxylation is 1. The summed E-state index contributed by atoms with van der Waals surface area (Å²) in [5, 5.41) is 14.7. The van der Waals surface area contributed by atoms with Gasteiger partial charge in [-0.3, -0.25) is 9.59 Å². The van der Waals surface area contributed by atoms with Crippen molar-refractivity contribution >= 4 is 35.2 Å². The predicted octanol–water partition coefficient (Wildman–Crippen LogP) is 3.78. The van der Waals surface area contributed by atoms with Crippen LogP contribution in [-0.2, 0) is 16.1 Å². The van der Waals surface area contributed by atoms with E-state index in [1.807, 2.05) is 36.6 Å². The zero-order valence-electron chi connectivity index (χ0n) is 19.8. The van der Waals surface area contributed by atoms with Crippen molar-refractivity contribution in [1.82, 2.24) is 20.1 Å². The van der Waals surface area contributed by atoms with Crippen LogP contribution in [0.1, 0.15) is 45.1 Å². The van der Waals surface area contributed by atoms with Gasteiger partial charge in [-0.15, -0.1) is 16.8 Å². The molecule has 0 aliphatic rings. The van der Waals surface area contributed by atoms with E-state index >= 15 is 0 Å². The van der Waals surface area contributed by atoms with Gasteiger partial charge in [-0.1, -0.05) is 36.0 Å². The normalized spacial score (nSPS) is 11.4. The van der Waals surface area contributed by atoms with Crippen LogP contribution in [-0.4, -0.2) is 45.4 Å². The molecule has 1 unspecified atom stereocenters. The Labute approximate surface area is 208 Å². The molecule has 0 aliphatic carbocycles. The first-order valence-corrected chi connectivity index (χ1v) is 11.8. The van der Waals surface area contributed by atoms with E-state index in [0.717, 1.165) is 5.56 Å². The van der Waals surface area contributed by atoms with E-state index in [9.17, 15) is 14.4 Å². The summed E-state index contributed by atoms with van der Waals surface area (Å²) in [6.45, 7) is 7.93. The molecule has 182 valence electrons. The van der Waals surface area contributed by atoms with E-state index in [0.29, 0.717) is 34.3 Å².